The molecule has 1 aromatic heterocycles. The molecule has 0 aliphatic carbocycles. The smallest absolute Gasteiger partial charge is 0.329 e. The van der Waals surface area contributed by atoms with Crippen LogP contribution in [0, 0.1) is 5.92 Å². The largest absolute Gasteiger partial charge is 0.464 e. The number of hydrogen-bond donors (Lipinski definition) is 0. The summed E-state index contributed by atoms with van der Waals surface area (Å²) in [6, 6.07) is 2.60. The molecule has 0 saturated heterocycles. The van der Waals surface area contributed by atoms with Gasteiger partial charge in [-0.2, -0.15) is 0 Å². The van der Waals surface area contributed by atoms with Crippen LogP contribution < -0.4 is 5.56 Å². The van der Waals surface area contributed by atoms with Crippen molar-refractivity contribution in [3.63, 3.8) is 0 Å². The highest BCUT2D eigenvalue weighted by Crippen LogP contribution is 2.18. The van der Waals surface area contributed by atoms with Gasteiger partial charge in [-0.25, -0.2) is 4.79 Å². The van der Waals surface area contributed by atoms with Crippen molar-refractivity contribution in [1.29, 1.82) is 0 Å². The zero-order chi connectivity index (χ0) is 13.0. The average Bonchev–Trinajstić information content (AvgIpc) is 2.21. The molecule has 0 aromatic carbocycles. The van der Waals surface area contributed by atoms with Crippen LogP contribution in [0.1, 0.15) is 26.8 Å². The van der Waals surface area contributed by atoms with E-state index < -0.39 is 6.04 Å². The number of nitrogens with zero attached hydrogens (tertiary/aromatic N) is 1. The number of hydrogen-bond acceptors (Lipinski definition) is 3. The van der Waals surface area contributed by atoms with Crippen molar-refractivity contribution in [2.45, 2.75) is 26.8 Å². The molecule has 1 aromatic rings. The van der Waals surface area contributed by atoms with Crippen molar-refractivity contribution < 1.29 is 9.53 Å². The highest BCUT2D eigenvalue weighted by molar-refractivity contribution is 9.10. The second-order valence-corrected chi connectivity index (χ2v) is 4.95. The Hall–Kier alpha value is -1.10. The first-order chi connectivity index (χ1) is 7.97. The molecule has 0 aliphatic rings. The van der Waals surface area contributed by atoms with Crippen molar-refractivity contribution in [3.8, 4) is 0 Å². The molecule has 0 radical (unpaired) electrons. The predicted molar refractivity (Wildman–Crippen MR) is 68.9 cm³/mol. The van der Waals surface area contributed by atoms with Crippen molar-refractivity contribution in [2.24, 2.45) is 5.92 Å². The van der Waals surface area contributed by atoms with Gasteiger partial charge in [0.1, 0.15) is 6.04 Å². The Morgan fingerprint density at radius 3 is 2.65 bits per heavy atom. The molecule has 4 nitrogen and oxygen atoms in total. The lowest BCUT2D eigenvalue weighted by molar-refractivity contribution is -0.148. The minimum atomic E-state index is -0.574. The fraction of sp³-hybridized carbons (Fsp3) is 0.500. The summed E-state index contributed by atoms with van der Waals surface area (Å²) in [7, 11) is 0. The molecule has 0 N–H and O–H groups in total. The van der Waals surface area contributed by atoms with Crippen LogP contribution in [0.4, 0.5) is 0 Å². The van der Waals surface area contributed by atoms with Gasteiger partial charge >= 0.3 is 5.97 Å². The highest BCUT2D eigenvalue weighted by Gasteiger charge is 2.25. The van der Waals surface area contributed by atoms with E-state index in [1.54, 1.807) is 19.2 Å². The molecular weight excluding hydrogens is 286 g/mol. The molecule has 0 aliphatic heterocycles. The number of halogens is 1. The Kier molecular flexibility index (Phi) is 4.93. The molecule has 5 heteroatoms. The first-order valence-corrected chi connectivity index (χ1v) is 6.31. The zero-order valence-corrected chi connectivity index (χ0v) is 11.7. The molecule has 0 fully saturated rings. The summed E-state index contributed by atoms with van der Waals surface area (Å²) in [4.78, 5) is 23.6. The van der Waals surface area contributed by atoms with E-state index in [4.69, 9.17) is 4.74 Å². The van der Waals surface area contributed by atoms with Crippen molar-refractivity contribution >= 4 is 21.9 Å². The lowest BCUT2D eigenvalue weighted by Crippen LogP contribution is -2.33. The quantitative estimate of drug-likeness (QED) is 0.802. The number of carbonyl (C=O) groups excluding carboxylic acids is 1. The number of ether oxygens (including phenoxy) is 1. The van der Waals surface area contributed by atoms with E-state index in [9.17, 15) is 9.59 Å². The third kappa shape index (κ3) is 3.43. The first kappa shape index (κ1) is 14.0. The van der Waals surface area contributed by atoms with Crippen molar-refractivity contribution in [2.75, 3.05) is 6.61 Å². The number of aromatic nitrogens is 1. The van der Waals surface area contributed by atoms with Crippen LogP contribution in [0.2, 0.25) is 0 Å². The van der Waals surface area contributed by atoms with Crippen LogP contribution >= 0.6 is 15.9 Å². The molecule has 0 bridgehead atoms. The topological polar surface area (TPSA) is 48.3 Å². The van der Waals surface area contributed by atoms with E-state index in [1.807, 2.05) is 13.8 Å². The second-order valence-electron chi connectivity index (χ2n) is 4.03. The Morgan fingerprint density at radius 1 is 1.53 bits per heavy atom. The lowest BCUT2D eigenvalue weighted by atomic mass is 10.0. The molecule has 1 atom stereocenters. The van der Waals surface area contributed by atoms with E-state index in [-0.39, 0.29) is 17.4 Å². The Morgan fingerprint density at radius 2 is 2.18 bits per heavy atom. The van der Waals surface area contributed by atoms with Crippen LogP contribution in [-0.2, 0) is 9.53 Å². The maximum atomic E-state index is 11.8. The lowest BCUT2D eigenvalue weighted by Gasteiger charge is -2.21. The molecule has 94 valence electrons. The standard InChI is InChI=1S/C12H16BrNO3/c1-4-17-12(16)11(8(2)3)14-6-5-9(13)7-10(14)15/h5-8,11H,4H2,1-3H3/t11-/m0/s1. The minimum Gasteiger partial charge on any atom is -0.464 e. The molecular formula is C12H16BrNO3. The van der Waals surface area contributed by atoms with Crippen molar-refractivity contribution in [1.82, 2.24) is 4.57 Å². The number of esters is 1. The van der Waals surface area contributed by atoms with Gasteiger partial charge in [-0.3, -0.25) is 4.79 Å². The SMILES string of the molecule is CCOC(=O)[C@H](C(C)C)n1ccc(Br)cc1=O. The Labute approximate surface area is 109 Å². The monoisotopic (exact) mass is 301 g/mol. The fourth-order valence-corrected chi connectivity index (χ4v) is 1.94. The number of pyridine rings is 1. The summed E-state index contributed by atoms with van der Waals surface area (Å²) >= 11 is 3.22. The molecule has 0 amide bonds. The summed E-state index contributed by atoms with van der Waals surface area (Å²) in [5, 5.41) is 0. The summed E-state index contributed by atoms with van der Waals surface area (Å²) in [6.45, 7) is 5.83. The molecule has 1 rings (SSSR count). The summed E-state index contributed by atoms with van der Waals surface area (Å²) in [6.07, 6.45) is 1.61. The zero-order valence-electron chi connectivity index (χ0n) is 10.1. The van der Waals surface area contributed by atoms with E-state index in [1.165, 1.54) is 10.6 Å². The van der Waals surface area contributed by atoms with E-state index >= 15 is 0 Å². The molecule has 0 spiro atoms. The maximum Gasteiger partial charge on any atom is 0.329 e. The second kappa shape index (κ2) is 6.00. The van der Waals surface area contributed by atoms with Gasteiger partial charge in [0.15, 0.2) is 0 Å². The number of rotatable bonds is 4. The van der Waals surface area contributed by atoms with E-state index in [2.05, 4.69) is 15.9 Å². The summed E-state index contributed by atoms with van der Waals surface area (Å²) in [5.41, 5.74) is -0.217. The van der Waals surface area contributed by atoms with Gasteiger partial charge in [0.25, 0.3) is 5.56 Å². The Balaban J connectivity index is 3.14. The average molecular weight is 302 g/mol. The summed E-state index contributed by atoms with van der Waals surface area (Å²) < 4.78 is 7.10. The van der Waals surface area contributed by atoms with Crippen LogP contribution in [0.25, 0.3) is 0 Å². The van der Waals surface area contributed by atoms with Gasteiger partial charge < -0.3 is 9.30 Å². The van der Waals surface area contributed by atoms with Crippen LogP contribution in [0.5, 0.6) is 0 Å². The van der Waals surface area contributed by atoms with Gasteiger partial charge in [-0.15, -0.1) is 0 Å². The summed E-state index contributed by atoms with van der Waals surface area (Å²) in [5.74, 6) is -0.375. The van der Waals surface area contributed by atoms with E-state index in [0.29, 0.717) is 11.1 Å². The van der Waals surface area contributed by atoms with Crippen molar-refractivity contribution in [3.05, 3.63) is 33.2 Å². The third-order valence-electron chi connectivity index (χ3n) is 2.37. The minimum absolute atomic E-state index is 0.00655. The van der Waals surface area contributed by atoms with E-state index in [0.717, 1.165) is 0 Å². The highest BCUT2D eigenvalue weighted by atomic mass is 79.9. The number of carbonyl (C=O) groups is 1. The normalized spacial score (nSPS) is 12.5. The molecule has 17 heavy (non-hydrogen) atoms. The van der Waals surface area contributed by atoms with Crippen LogP contribution in [0.3, 0.4) is 0 Å². The van der Waals surface area contributed by atoms with Gasteiger partial charge in [-0.1, -0.05) is 29.8 Å². The molecule has 0 saturated carbocycles. The van der Waals surface area contributed by atoms with Crippen LogP contribution in [-0.4, -0.2) is 17.1 Å². The molecule has 0 unspecified atom stereocenters. The maximum absolute atomic E-state index is 11.8. The van der Waals surface area contributed by atoms with Gasteiger partial charge in [-0.05, 0) is 18.9 Å². The third-order valence-corrected chi connectivity index (χ3v) is 2.86. The van der Waals surface area contributed by atoms with Gasteiger partial charge in [0.2, 0.25) is 0 Å². The van der Waals surface area contributed by atoms with Gasteiger partial charge in [0.05, 0.1) is 6.61 Å². The predicted octanol–water partition coefficient (Wildman–Crippen LogP) is 2.37. The van der Waals surface area contributed by atoms with Gasteiger partial charge in [0, 0.05) is 16.7 Å². The first-order valence-electron chi connectivity index (χ1n) is 5.51. The fourth-order valence-electron chi connectivity index (χ4n) is 1.63. The molecule has 1 heterocycles. The van der Waals surface area contributed by atoms with Crippen LogP contribution in [0.15, 0.2) is 27.6 Å². The Bertz CT molecular complexity index is 453.